The summed E-state index contributed by atoms with van der Waals surface area (Å²) in [4.78, 5) is 22.4. The molecule has 0 saturated carbocycles. The Bertz CT molecular complexity index is 1130. The highest BCUT2D eigenvalue weighted by atomic mass is 32.2. The van der Waals surface area contributed by atoms with Crippen LogP contribution in [0.25, 0.3) is 5.65 Å². The van der Waals surface area contributed by atoms with Crippen molar-refractivity contribution in [2.75, 3.05) is 19.6 Å². The smallest absolute Gasteiger partial charge is 0.251 e. The van der Waals surface area contributed by atoms with Crippen LogP contribution in [0, 0.1) is 0 Å². The largest absolute Gasteiger partial charge is 0.350 e. The Morgan fingerprint density at radius 2 is 1.94 bits per heavy atom. The van der Waals surface area contributed by atoms with Crippen molar-refractivity contribution in [3.63, 3.8) is 0 Å². The lowest BCUT2D eigenvalue weighted by Gasteiger charge is -2.26. The molecular formula is C25H26N4OS2. The standard InChI is InChI=1S/C25H26N4OS2/c30-25(26-16-22(23-6-5-15-31-23)28-12-3-4-13-28)19-8-10-21(11-9-19)32-18-20-17-29-14-2-1-7-24(29)27-20/h1-2,5-11,14-15,17,22H,3-4,12-13,16,18H2,(H,26,30). The minimum absolute atomic E-state index is 0.0114. The number of nitrogens with one attached hydrogen (secondary N) is 1. The molecule has 0 aliphatic carbocycles. The molecule has 3 aromatic heterocycles. The molecule has 1 aromatic carbocycles. The molecule has 4 heterocycles. The van der Waals surface area contributed by atoms with E-state index in [0.717, 1.165) is 35.1 Å². The topological polar surface area (TPSA) is 49.6 Å². The zero-order chi connectivity index (χ0) is 21.8. The minimum Gasteiger partial charge on any atom is -0.350 e. The van der Waals surface area contributed by atoms with Crippen LogP contribution in [-0.4, -0.2) is 39.8 Å². The normalized spacial score (nSPS) is 15.2. The van der Waals surface area contributed by atoms with Gasteiger partial charge in [-0.3, -0.25) is 9.69 Å². The van der Waals surface area contributed by atoms with Crippen LogP contribution in [-0.2, 0) is 5.75 Å². The van der Waals surface area contributed by atoms with Gasteiger partial charge < -0.3 is 9.72 Å². The van der Waals surface area contributed by atoms with E-state index in [0.29, 0.717) is 12.1 Å². The zero-order valence-corrected chi connectivity index (χ0v) is 19.4. The quantitative estimate of drug-likeness (QED) is 0.363. The Morgan fingerprint density at radius 3 is 2.69 bits per heavy atom. The lowest BCUT2D eigenvalue weighted by molar-refractivity contribution is 0.0938. The van der Waals surface area contributed by atoms with Crippen molar-refractivity contribution in [2.24, 2.45) is 0 Å². The van der Waals surface area contributed by atoms with Crippen molar-refractivity contribution in [1.29, 1.82) is 0 Å². The average Bonchev–Trinajstić information content (AvgIpc) is 3.60. The molecule has 5 rings (SSSR count). The van der Waals surface area contributed by atoms with Crippen LogP contribution in [0.5, 0.6) is 0 Å². The highest BCUT2D eigenvalue weighted by Crippen LogP contribution is 2.28. The zero-order valence-electron chi connectivity index (χ0n) is 17.8. The number of nitrogens with zero attached hydrogens (tertiary/aromatic N) is 3. The fraction of sp³-hybridized carbons (Fsp3) is 0.280. The summed E-state index contributed by atoms with van der Waals surface area (Å²) in [5.74, 6) is 0.786. The van der Waals surface area contributed by atoms with E-state index in [2.05, 4.69) is 38.9 Å². The summed E-state index contributed by atoms with van der Waals surface area (Å²) >= 11 is 3.50. The summed E-state index contributed by atoms with van der Waals surface area (Å²) in [5.41, 5.74) is 2.71. The van der Waals surface area contributed by atoms with Gasteiger partial charge in [0.05, 0.1) is 11.7 Å². The first-order valence-electron chi connectivity index (χ1n) is 11.0. The molecule has 4 aromatic rings. The molecule has 1 amide bonds. The predicted molar refractivity (Wildman–Crippen MR) is 131 cm³/mol. The number of likely N-dealkylation sites (tertiary alicyclic amines) is 1. The number of fused-ring (bicyclic) bond motifs is 1. The molecule has 1 atom stereocenters. The number of carbonyl (C=O) groups excluding carboxylic acids is 1. The molecule has 0 bridgehead atoms. The second kappa shape index (κ2) is 9.90. The summed E-state index contributed by atoms with van der Waals surface area (Å²) in [5, 5.41) is 5.28. The number of imidazole rings is 1. The Balaban J connectivity index is 1.17. The third kappa shape index (κ3) is 4.90. The molecule has 1 N–H and O–H groups in total. The molecule has 1 aliphatic heterocycles. The second-order valence-electron chi connectivity index (χ2n) is 8.00. The van der Waals surface area contributed by atoms with E-state index in [-0.39, 0.29) is 11.9 Å². The fourth-order valence-corrected chi connectivity index (χ4v) is 5.79. The van der Waals surface area contributed by atoms with Gasteiger partial charge in [0, 0.05) is 40.0 Å². The van der Waals surface area contributed by atoms with E-state index in [1.807, 2.05) is 53.1 Å². The third-order valence-electron chi connectivity index (χ3n) is 5.83. The number of hydrogen-bond acceptors (Lipinski definition) is 5. The number of thiophene rings is 1. The van der Waals surface area contributed by atoms with Gasteiger partial charge in [0.1, 0.15) is 5.65 Å². The molecule has 7 heteroatoms. The van der Waals surface area contributed by atoms with Crippen molar-refractivity contribution < 1.29 is 4.79 Å². The maximum Gasteiger partial charge on any atom is 0.251 e. The van der Waals surface area contributed by atoms with E-state index in [4.69, 9.17) is 0 Å². The molecule has 5 nitrogen and oxygen atoms in total. The Hall–Kier alpha value is -2.61. The number of carbonyl (C=O) groups is 1. The van der Waals surface area contributed by atoms with Crippen molar-refractivity contribution in [1.82, 2.24) is 19.6 Å². The molecular weight excluding hydrogens is 436 g/mol. The van der Waals surface area contributed by atoms with Crippen LogP contribution >= 0.6 is 23.1 Å². The van der Waals surface area contributed by atoms with Gasteiger partial charge in [-0.2, -0.15) is 0 Å². The maximum absolute atomic E-state index is 12.8. The summed E-state index contributed by atoms with van der Waals surface area (Å²) in [6.07, 6.45) is 6.55. The lowest BCUT2D eigenvalue weighted by atomic mass is 10.2. The van der Waals surface area contributed by atoms with Crippen LogP contribution < -0.4 is 5.32 Å². The molecule has 164 valence electrons. The van der Waals surface area contributed by atoms with Crippen LogP contribution in [0.3, 0.4) is 0 Å². The number of thioether (sulfide) groups is 1. The summed E-state index contributed by atoms with van der Waals surface area (Å²) in [7, 11) is 0. The second-order valence-corrected chi connectivity index (χ2v) is 10.0. The van der Waals surface area contributed by atoms with Gasteiger partial charge in [0.25, 0.3) is 5.91 Å². The first-order chi connectivity index (χ1) is 15.8. The number of benzene rings is 1. The molecule has 32 heavy (non-hydrogen) atoms. The van der Waals surface area contributed by atoms with E-state index >= 15 is 0 Å². The Kier molecular flexibility index (Phi) is 6.57. The van der Waals surface area contributed by atoms with Crippen molar-refractivity contribution in [3.8, 4) is 0 Å². The molecule has 1 saturated heterocycles. The summed E-state index contributed by atoms with van der Waals surface area (Å²) in [6.45, 7) is 2.86. The maximum atomic E-state index is 12.8. The summed E-state index contributed by atoms with van der Waals surface area (Å²) in [6, 6.07) is 18.4. The number of amides is 1. The highest BCUT2D eigenvalue weighted by Gasteiger charge is 2.24. The van der Waals surface area contributed by atoms with Gasteiger partial charge >= 0.3 is 0 Å². The molecule has 1 unspecified atom stereocenters. The van der Waals surface area contributed by atoms with Gasteiger partial charge in [0.15, 0.2) is 0 Å². The number of hydrogen-bond donors (Lipinski definition) is 1. The minimum atomic E-state index is -0.0114. The number of rotatable bonds is 8. The lowest BCUT2D eigenvalue weighted by Crippen LogP contribution is -2.36. The van der Waals surface area contributed by atoms with E-state index in [1.165, 1.54) is 17.7 Å². The van der Waals surface area contributed by atoms with E-state index in [1.54, 1.807) is 23.1 Å². The Labute approximate surface area is 196 Å². The van der Waals surface area contributed by atoms with Gasteiger partial charge in [-0.25, -0.2) is 4.98 Å². The van der Waals surface area contributed by atoms with E-state index < -0.39 is 0 Å². The molecule has 1 aliphatic rings. The first-order valence-corrected chi connectivity index (χ1v) is 12.8. The molecule has 0 spiro atoms. The predicted octanol–water partition coefficient (Wildman–Crippen LogP) is 5.26. The van der Waals surface area contributed by atoms with E-state index in [9.17, 15) is 4.79 Å². The van der Waals surface area contributed by atoms with Crippen molar-refractivity contribution in [2.45, 2.75) is 29.5 Å². The van der Waals surface area contributed by atoms with Gasteiger partial charge in [-0.05, 0) is 73.8 Å². The van der Waals surface area contributed by atoms with Gasteiger partial charge in [-0.1, -0.05) is 12.1 Å². The molecule has 1 fully saturated rings. The monoisotopic (exact) mass is 462 g/mol. The van der Waals surface area contributed by atoms with Crippen LogP contribution in [0.1, 0.15) is 39.8 Å². The van der Waals surface area contributed by atoms with Gasteiger partial charge in [-0.15, -0.1) is 23.1 Å². The van der Waals surface area contributed by atoms with Crippen LogP contribution in [0.15, 0.2) is 77.3 Å². The first kappa shape index (κ1) is 21.2. The van der Waals surface area contributed by atoms with Crippen molar-refractivity contribution in [3.05, 3.63) is 88.5 Å². The van der Waals surface area contributed by atoms with Crippen LogP contribution in [0.4, 0.5) is 0 Å². The fourth-order valence-electron chi connectivity index (χ4n) is 4.15. The average molecular weight is 463 g/mol. The third-order valence-corrected chi connectivity index (χ3v) is 7.85. The number of aromatic nitrogens is 2. The summed E-state index contributed by atoms with van der Waals surface area (Å²) < 4.78 is 2.04. The Morgan fingerprint density at radius 1 is 1.09 bits per heavy atom. The molecule has 0 radical (unpaired) electrons. The van der Waals surface area contributed by atoms with Crippen molar-refractivity contribution >= 4 is 34.7 Å². The van der Waals surface area contributed by atoms with Gasteiger partial charge in [0.2, 0.25) is 0 Å². The SMILES string of the molecule is O=C(NCC(c1cccs1)N1CCCC1)c1ccc(SCc2cn3ccccc3n2)cc1. The number of pyridine rings is 1. The highest BCUT2D eigenvalue weighted by molar-refractivity contribution is 7.98. The van der Waals surface area contributed by atoms with Crippen LogP contribution in [0.2, 0.25) is 0 Å².